The zero-order valence-corrected chi connectivity index (χ0v) is 15.3. The molecule has 5 nitrogen and oxygen atoms in total. The number of rotatable bonds is 5. The molecule has 0 spiro atoms. The second kappa shape index (κ2) is 9.40. The Kier molecular flexibility index (Phi) is 7.24. The van der Waals surface area contributed by atoms with E-state index < -0.39 is 0 Å². The van der Waals surface area contributed by atoms with Crippen molar-refractivity contribution in [1.29, 1.82) is 0 Å². The second-order valence-corrected chi connectivity index (χ2v) is 5.83. The van der Waals surface area contributed by atoms with E-state index in [9.17, 15) is 9.18 Å². The fourth-order valence-electron chi connectivity index (χ4n) is 2.93. The van der Waals surface area contributed by atoms with Crippen molar-refractivity contribution in [2.24, 2.45) is 0 Å². The molecule has 26 heavy (non-hydrogen) atoms. The molecule has 1 amide bonds. The van der Waals surface area contributed by atoms with Gasteiger partial charge in [-0.25, -0.2) is 4.39 Å². The maximum Gasteiger partial charge on any atom is 0.261 e. The first-order chi connectivity index (χ1) is 12.2. The van der Waals surface area contributed by atoms with Crippen LogP contribution >= 0.6 is 12.4 Å². The van der Waals surface area contributed by atoms with Crippen molar-refractivity contribution >= 4 is 18.3 Å². The van der Waals surface area contributed by atoms with E-state index in [1.165, 1.54) is 12.1 Å². The van der Waals surface area contributed by atoms with Crippen molar-refractivity contribution in [1.82, 2.24) is 10.2 Å². The van der Waals surface area contributed by atoms with Gasteiger partial charge < -0.3 is 19.7 Å². The van der Waals surface area contributed by atoms with Gasteiger partial charge in [0.25, 0.3) is 5.91 Å². The normalized spacial score (nSPS) is 16.5. The molecule has 1 saturated heterocycles. The van der Waals surface area contributed by atoms with Crippen LogP contribution in [0.5, 0.6) is 11.5 Å². The molecule has 1 N–H and O–H groups in total. The van der Waals surface area contributed by atoms with Crippen LogP contribution in [-0.2, 0) is 4.79 Å². The molecule has 1 fully saturated rings. The van der Waals surface area contributed by atoms with Crippen LogP contribution in [-0.4, -0.2) is 44.2 Å². The first-order valence-electron chi connectivity index (χ1n) is 8.20. The van der Waals surface area contributed by atoms with Crippen molar-refractivity contribution < 1.29 is 18.7 Å². The van der Waals surface area contributed by atoms with E-state index in [1.807, 2.05) is 12.1 Å². The first-order valence-corrected chi connectivity index (χ1v) is 8.20. The Bertz CT molecular complexity index is 744. The predicted octanol–water partition coefficient (Wildman–Crippen LogP) is 2.81. The fraction of sp³-hybridized carbons (Fsp3) is 0.316. The van der Waals surface area contributed by atoms with Gasteiger partial charge >= 0.3 is 0 Å². The predicted molar refractivity (Wildman–Crippen MR) is 99.5 cm³/mol. The minimum atomic E-state index is -0.303. The van der Waals surface area contributed by atoms with E-state index >= 15 is 0 Å². The van der Waals surface area contributed by atoms with Crippen molar-refractivity contribution in [3.63, 3.8) is 0 Å². The summed E-state index contributed by atoms with van der Waals surface area (Å²) in [5, 5.41) is 3.25. The fourth-order valence-corrected chi connectivity index (χ4v) is 2.93. The Morgan fingerprint density at radius 1 is 1.23 bits per heavy atom. The van der Waals surface area contributed by atoms with Crippen molar-refractivity contribution in [2.45, 2.75) is 6.04 Å². The quantitative estimate of drug-likeness (QED) is 0.866. The third-order valence-electron chi connectivity index (χ3n) is 4.20. The molecule has 0 bridgehead atoms. The first kappa shape index (κ1) is 20.0. The maximum absolute atomic E-state index is 13.5. The van der Waals surface area contributed by atoms with E-state index in [1.54, 1.807) is 36.3 Å². The number of amides is 1. The Morgan fingerprint density at radius 3 is 2.77 bits per heavy atom. The van der Waals surface area contributed by atoms with Crippen LogP contribution < -0.4 is 14.8 Å². The summed E-state index contributed by atoms with van der Waals surface area (Å²) >= 11 is 0. The molecular weight excluding hydrogens is 359 g/mol. The van der Waals surface area contributed by atoms with E-state index in [-0.39, 0.29) is 36.8 Å². The largest absolute Gasteiger partial charge is 0.497 e. The number of nitrogens with one attached hydrogen (secondary N) is 1. The zero-order chi connectivity index (χ0) is 17.6. The SMILES string of the molecule is COc1cccc(OCC(=O)N2CCNCC2c2cccc(F)c2)c1.Cl. The van der Waals surface area contributed by atoms with Gasteiger partial charge in [0.1, 0.15) is 17.3 Å². The van der Waals surface area contributed by atoms with Crippen molar-refractivity contribution in [2.75, 3.05) is 33.4 Å². The van der Waals surface area contributed by atoms with Crippen LogP contribution in [0.1, 0.15) is 11.6 Å². The highest BCUT2D eigenvalue weighted by Gasteiger charge is 2.28. The molecule has 0 aromatic heterocycles. The van der Waals surface area contributed by atoms with Crippen LogP contribution in [0.4, 0.5) is 4.39 Å². The molecule has 1 unspecified atom stereocenters. The van der Waals surface area contributed by atoms with E-state index in [4.69, 9.17) is 9.47 Å². The monoisotopic (exact) mass is 380 g/mol. The molecule has 2 aromatic carbocycles. The number of ether oxygens (including phenoxy) is 2. The number of piperazine rings is 1. The van der Waals surface area contributed by atoms with Crippen molar-refractivity contribution in [3.8, 4) is 11.5 Å². The average molecular weight is 381 g/mol. The Balaban J connectivity index is 0.00000243. The lowest BCUT2D eigenvalue weighted by molar-refractivity contribution is -0.136. The van der Waals surface area contributed by atoms with E-state index in [2.05, 4.69) is 5.32 Å². The van der Waals surface area contributed by atoms with E-state index in [0.29, 0.717) is 31.1 Å². The summed E-state index contributed by atoms with van der Waals surface area (Å²) < 4.78 is 24.3. The lowest BCUT2D eigenvalue weighted by Gasteiger charge is -2.36. The highest BCUT2D eigenvalue weighted by atomic mass is 35.5. The molecule has 0 saturated carbocycles. The van der Waals surface area contributed by atoms with Crippen LogP contribution in [0.2, 0.25) is 0 Å². The Labute approximate surface area is 158 Å². The lowest BCUT2D eigenvalue weighted by Crippen LogP contribution is -2.50. The lowest BCUT2D eigenvalue weighted by atomic mass is 10.0. The highest BCUT2D eigenvalue weighted by Crippen LogP contribution is 2.24. The van der Waals surface area contributed by atoms with Gasteiger partial charge in [-0.2, -0.15) is 0 Å². The number of nitrogens with zero attached hydrogens (tertiary/aromatic N) is 1. The molecule has 0 aliphatic carbocycles. The molecule has 1 heterocycles. The summed E-state index contributed by atoms with van der Waals surface area (Å²) in [6.45, 7) is 1.78. The van der Waals surface area contributed by atoms with Gasteiger partial charge in [0.2, 0.25) is 0 Å². The topological polar surface area (TPSA) is 50.8 Å². The molecule has 1 atom stereocenters. The Hall–Kier alpha value is -2.31. The summed E-state index contributed by atoms with van der Waals surface area (Å²) in [5.74, 6) is 0.816. The van der Waals surface area contributed by atoms with Crippen LogP contribution in [0.3, 0.4) is 0 Å². The number of hydrogen-bond donors (Lipinski definition) is 1. The summed E-state index contributed by atoms with van der Waals surface area (Å²) in [7, 11) is 1.58. The van der Waals surface area contributed by atoms with Crippen LogP contribution in [0.15, 0.2) is 48.5 Å². The average Bonchev–Trinajstić information content (AvgIpc) is 2.66. The number of hydrogen-bond acceptors (Lipinski definition) is 4. The van der Waals surface area contributed by atoms with Gasteiger partial charge in [0.15, 0.2) is 6.61 Å². The summed E-state index contributed by atoms with van der Waals surface area (Å²) in [6.07, 6.45) is 0. The minimum Gasteiger partial charge on any atom is -0.497 e. The van der Waals surface area contributed by atoms with Gasteiger partial charge in [-0.1, -0.05) is 18.2 Å². The molecule has 0 radical (unpaired) electrons. The standard InChI is InChI=1S/C19H21FN2O3.ClH/c1-24-16-6-3-7-17(11-16)25-13-19(23)22-9-8-21-12-18(22)14-4-2-5-15(20)10-14;/h2-7,10-11,18,21H,8-9,12-13H2,1H3;1H. The van der Waals surface area contributed by atoms with Crippen LogP contribution in [0, 0.1) is 5.82 Å². The third kappa shape index (κ3) is 4.86. The molecule has 2 aromatic rings. The number of benzene rings is 2. The molecule has 7 heteroatoms. The van der Waals surface area contributed by atoms with E-state index in [0.717, 1.165) is 5.56 Å². The van der Waals surface area contributed by atoms with Gasteiger partial charge in [0.05, 0.1) is 13.2 Å². The number of halogens is 2. The molecule has 140 valence electrons. The van der Waals surface area contributed by atoms with Gasteiger partial charge in [0, 0.05) is 25.7 Å². The summed E-state index contributed by atoms with van der Waals surface area (Å²) in [5.41, 5.74) is 0.780. The third-order valence-corrected chi connectivity index (χ3v) is 4.20. The van der Waals surface area contributed by atoms with Gasteiger partial charge in [-0.3, -0.25) is 4.79 Å². The summed E-state index contributed by atoms with van der Waals surface area (Å²) in [4.78, 5) is 14.4. The highest BCUT2D eigenvalue weighted by molar-refractivity contribution is 5.85. The molecular formula is C19H22ClFN2O3. The van der Waals surface area contributed by atoms with Crippen molar-refractivity contribution in [3.05, 3.63) is 59.9 Å². The zero-order valence-electron chi connectivity index (χ0n) is 14.5. The number of carbonyl (C=O) groups excluding carboxylic acids is 1. The van der Waals surface area contributed by atoms with Crippen LogP contribution in [0.25, 0.3) is 0 Å². The van der Waals surface area contributed by atoms with Gasteiger partial charge in [-0.15, -0.1) is 12.4 Å². The van der Waals surface area contributed by atoms with Gasteiger partial charge in [-0.05, 0) is 29.8 Å². The Morgan fingerprint density at radius 2 is 2.00 bits per heavy atom. The number of methoxy groups -OCH3 is 1. The molecule has 3 rings (SSSR count). The molecule has 1 aliphatic rings. The number of carbonyl (C=O) groups is 1. The summed E-state index contributed by atoms with van der Waals surface area (Å²) in [6, 6.07) is 13.3. The maximum atomic E-state index is 13.5. The molecule has 1 aliphatic heterocycles. The minimum absolute atomic E-state index is 0. The second-order valence-electron chi connectivity index (χ2n) is 5.83. The smallest absolute Gasteiger partial charge is 0.261 e.